The minimum absolute atomic E-state index is 0.155. The summed E-state index contributed by atoms with van der Waals surface area (Å²) in [5, 5.41) is 4.19. The second-order valence-corrected chi connectivity index (χ2v) is 5.30. The van der Waals surface area contributed by atoms with Gasteiger partial charge in [0.05, 0.1) is 0 Å². The van der Waals surface area contributed by atoms with Crippen molar-refractivity contribution >= 4 is 39.1 Å². The van der Waals surface area contributed by atoms with Crippen LogP contribution in [0.2, 0.25) is 5.02 Å². The number of carbonyl (C=O) groups is 1. The second kappa shape index (κ2) is 6.22. The van der Waals surface area contributed by atoms with Gasteiger partial charge < -0.3 is 5.32 Å². The molecule has 0 radical (unpaired) electrons. The number of aryl methyl sites for hydroxylation is 1. The number of alkyl halides is 1. The average molecular weight is 339 g/mol. The van der Waals surface area contributed by atoms with Gasteiger partial charge in [-0.15, -0.1) is 0 Å². The molecule has 0 aliphatic rings. The molecule has 98 valence electrons. The van der Waals surface area contributed by atoms with Gasteiger partial charge in [-0.25, -0.2) is 0 Å². The Bertz CT molecular complexity index is 593. The van der Waals surface area contributed by atoms with Crippen LogP contribution in [0.1, 0.15) is 21.5 Å². The van der Waals surface area contributed by atoms with Crippen molar-refractivity contribution in [3.63, 3.8) is 0 Å². The number of rotatable bonds is 3. The maximum atomic E-state index is 12.1. The molecule has 0 atom stereocenters. The van der Waals surface area contributed by atoms with Crippen LogP contribution < -0.4 is 5.32 Å². The van der Waals surface area contributed by atoms with Crippen LogP contribution >= 0.6 is 27.5 Å². The van der Waals surface area contributed by atoms with Crippen molar-refractivity contribution in [2.45, 2.75) is 12.3 Å². The summed E-state index contributed by atoms with van der Waals surface area (Å²) < 4.78 is 0. The SMILES string of the molecule is Cc1cc(Cl)cc(C(=O)Nc2cccc(CBr)c2)c1. The van der Waals surface area contributed by atoms with Crippen molar-refractivity contribution in [2.75, 3.05) is 5.32 Å². The molecular weight excluding hydrogens is 326 g/mol. The Balaban J connectivity index is 2.20. The van der Waals surface area contributed by atoms with Crippen molar-refractivity contribution in [3.8, 4) is 0 Å². The van der Waals surface area contributed by atoms with Crippen LogP contribution in [0.5, 0.6) is 0 Å². The van der Waals surface area contributed by atoms with Crippen molar-refractivity contribution in [1.82, 2.24) is 0 Å². The molecule has 0 aliphatic carbocycles. The van der Waals surface area contributed by atoms with E-state index in [2.05, 4.69) is 21.2 Å². The van der Waals surface area contributed by atoms with E-state index in [-0.39, 0.29) is 5.91 Å². The van der Waals surface area contributed by atoms with Crippen molar-refractivity contribution in [3.05, 3.63) is 64.2 Å². The summed E-state index contributed by atoms with van der Waals surface area (Å²) in [6, 6.07) is 13.0. The molecule has 2 rings (SSSR count). The van der Waals surface area contributed by atoms with Crippen LogP contribution in [0.4, 0.5) is 5.69 Å². The fourth-order valence-corrected chi connectivity index (χ4v) is 2.44. The summed E-state index contributed by atoms with van der Waals surface area (Å²) >= 11 is 9.35. The number of benzene rings is 2. The van der Waals surface area contributed by atoms with Gasteiger partial charge in [0.1, 0.15) is 0 Å². The molecule has 0 saturated carbocycles. The first-order valence-electron chi connectivity index (χ1n) is 5.82. The smallest absolute Gasteiger partial charge is 0.255 e. The molecule has 0 bridgehead atoms. The maximum absolute atomic E-state index is 12.1. The Morgan fingerprint density at radius 3 is 2.74 bits per heavy atom. The van der Waals surface area contributed by atoms with Crippen LogP contribution in [0.15, 0.2) is 42.5 Å². The normalized spacial score (nSPS) is 10.3. The third-order valence-electron chi connectivity index (χ3n) is 2.64. The zero-order chi connectivity index (χ0) is 13.8. The van der Waals surface area contributed by atoms with Crippen molar-refractivity contribution < 1.29 is 4.79 Å². The molecule has 1 amide bonds. The van der Waals surface area contributed by atoms with Gasteiger partial charge in [0, 0.05) is 21.6 Å². The molecule has 0 fully saturated rings. The molecule has 0 aromatic heterocycles. The predicted molar refractivity (Wildman–Crippen MR) is 83.2 cm³/mol. The number of anilines is 1. The molecule has 2 aromatic rings. The first-order chi connectivity index (χ1) is 9.08. The van der Waals surface area contributed by atoms with Gasteiger partial charge in [-0.1, -0.05) is 39.7 Å². The van der Waals surface area contributed by atoms with E-state index in [1.807, 2.05) is 43.3 Å². The first-order valence-corrected chi connectivity index (χ1v) is 7.32. The summed E-state index contributed by atoms with van der Waals surface area (Å²) in [5.74, 6) is -0.155. The van der Waals surface area contributed by atoms with E-state index in [1.54, 1.807) is 6.07 Å². The number of carbonyl (C=O) groups excluding carboxylic acids is 1. The Labute approximate surface area is 125 Å². The summed E-state index contributed by atoms with van der Waals surface area (Å²) in [6.07, 6.45) is 0. The molecule has 1 N–H and O–H groups in total. The highest BCUT2D eigenvalue weighted by Crippen LogP contribution is 2.17. The van der Waals surface area contributed by atoms with Crippen LogP contribution in [-0.4, -0.2) is 5.91 Å². The molecule has 0 heterocycles. The largest absolute Gasteiger partial charge is 0.322 e. The lowest BCUT2D eigenvalue weighted by Crippen LogP contribution is -2.12. The van der Waals surface area contributed by atoms with Crippen LogP contribution in [0, 0.1) is 6.92 Å². The van der Waals surface area contributed by atoms with E-state index >= 15 is 0 Å². The van der Waals surface area contributed by atoms with Crippen molar-refractivity contribution in [2.24, 2.45) is 0 Å². The molecular formula is C15H13BrClNO. The first kappa shape index (κ1) is 14.1. The number of halogens is 2. The van der Waals surface area contributed by atoms with Gasteiger partial charge in [0.15, 0.2) is 0 Å². The third-order valence-corrected chi connectivity index (χ3v) is 3.51. The second-order valence-electron chi connectivity index (χ2n) is 4.31. The lowest BCUT2D eigenvalue weighted by atomic mass is 10.1. The minimum Gasteiger partial charge on any atom is -0.322 e. The van der Waals surface area contributed by atoms with E-state index in [4.69, 9.17) is 11.6 Å². The fraction of sp³-hybridized carbons (Fsp3) is 0.133. The minimum atomic E-state index is -0.155. The van der Waals surface area contributed by atoms with E-state index < -0.39 is 0 Å². The number of amides is 1. The maximum Gasteiger partial charge on any atom is 0.255 e. The molecule has 0 aliphatic heterocycles. The summed E-state index contributed by atoms with van der Waals surface area (Å²) in [4.78, 5) is 12.1. The zero-order valence-corrected chi connectivity index (χ0v) is 12.8. The Morgan fingerprint density at radius 1 is 1.26 bits per heavy atom. The molecule has 4 heteroatoms. The molecule has 19 heavy (non-hydrogen) atoms. The molecule has 2 nitrogen and oxygen atoms in total. The Hall–Kier alpha value is -1.32. The van der Waals surface area contributed by atoms with Gasteiger partial charge in [-0.2, -0.15) is 0 Å². The summed E-state index contributed by atoms with van der Waals surface area (Å²) in [5.41, 5.74) is 3.42. The van der Waals surface area contributed by atoms with E-state index in [0.29, 0.717) is 10.6 Å². The predicted octanol–water partition coefficient (Wildman–Crippen LogP) is 4.80. The van der Waals surface area contributed by atoms with Gasteiger partial charge in [0.2, 0.25) is 0 Å². The zero-order valence-electron chi connectivity index (χ0n) is 10.4. The van der Waals surface area contributed by atoms with Crippen LogP contribution in [-0.2, 0) is 5.33 Å². The van der Waals surface area contributed by atoms with Gasteiger partial charge in [-0.3, -0.25) is 4.79 Å². The summed E-state index contributed by atoms with van der Waals surface area (Å²) in [7, 11) is 0. The van der Waals surface area contributed by atoms with E-state index in [1.165, 1.54) is 0 Å². The lowest BCUT2D eigenvalue weighted by molar-refractivity contribution is 0.102. The molecule has 0 spiro atoms. The van der Waals surface area contributed by atoms with Gasteiger partial charge in [-0.05, 0) is 48.4 Å². The molecule has 2 aromatic carbocycles. The van der Waals surface area contributed by atoms with Crippen LogP contribution in [0.25, 0.3) is 0 Å². The Morgan fingerprint density at radius 2 is 2.05 bits per heavy atom. The van der Waals surface area contributed by atoms with Crippen molar-refractivity contribution in [1.29, 1.82) is 0 Å². The van der Waals surface area contributed by atoms with E-state index in [0.717, 1.165) is 22.1 Å². The molecule has 0 unspecified atom stereocenters. The summed E-state index contributed by atoms with van der Waals surface area (Å²) in [6.45, 7) is 1.91. The van der Waals surface area contributed by atoms with Gasteiger partial charge >= 0.3 is 0 Å². The van der Waals surface area contributed by atoms with E-state index in [9.17, 15) is 4.79 Å². The average Bonchev–Trinajstić information content (AvgIpc) is 2.37. The highest BCUT2D eigenvalue weighted by atomic mass is 79.9. The highest BCUT2D eigenvalue weighted by Gasteiger charge is 2.08. The topological polar surface area (TPSA) is 29.1 Å². The number of hydrogen-bond acceptors (Lipinski definition) is 1. The quantitative estimate of drug-likeness (QED) is 0.801. The number of nitrogens with one attached hydrogen (secondary N) is 1. The molecule has 0 saturated heterocycles. The highest BCUT2D eigenvalue weighted by molar-refractivity contribution is 9.08. The lowest BCUT2D eigenvalue weighted by Gasteiger charge is -2.07. The fourth-order valence-electron chi connectivity index (χ4n) is 1.80. The van der Waals surface area contributed by atoms with Gasteiger partial charge in [0.25, 0.3) is 5.91 Å². The monoisotopic (exact) mass is 337 g/mol. The third kappa shape index (κ3) is 3.82. The van der Waals surface area contributed by atoms with Crippen LogP contribution in [0.3, 0.4) is 0 Å². The number of hydrogen-bond donors (Lipinski definition) is 1. The standard InChI is InChI=1S/C15H13BrClNO/c1-10-5-12(8-13(17)6-10)15(19)18-14-4-2-3-11(7-14)9-16/h2-8H,9H2,1H3,(H,18,19). The Kier molecular flexibility index (Phi) is 4.61.